The molecule has 0 atom stereocenters. The average Bonchev–Trinajstić information content (AvgIpc) is 1.87. The van der Waals surface area contributed by atoms with Crippen molar-refractivity contribution >= 4 is 27.3 Å². The molecule has 0 radical (unpaired) electrons. The Labute approximate surface area is 52.3 Å². The van der Waals surface area contributed by atoms with Gasteiger partial charge in [-0.15, -0.1) is 0 Å². The molecule has 1 rings (SSSR count). The Kier molecular flexibility index (Phi) is 1.39. The Bertz CT molecular complexity index is 147. The van der Waals surface area contributed by atoms with E-state index in [1.54, 1.807) is 0 Å². The zero-order valence-electron chi connectivity index (χ0n) is 3.19. The highest BCUT2D eigenvalue weighted by Crippen LogP contribution is 2.16. The summed E-state index contributed by atoms with van der Waals surface area (Å²) >= 11 is 4.03. The molecule has 38 valence electrons. The summed E-state index contributed by atoms with van der Waals surface area (Å²) in [6, 6.07) is 0. The second-order valence-corrected chi connectivity index (χ2v) is 3.28. The minimum atomic E-state index is -0.396. The molecule has 1 aromatic rings. The largest absolute Gasteiger partial charge is 0.270 e. The first-order valence-corrected chi connectivity index (χ1v) is 3.17. The molecule has 0 aromatic carbocycles. The third-order valence-corrected chi connectivity index (χ3v) is 1.71. The smallest absolute Gasteiger partial charge is 0.217 e. The predicted octanol–water partition coefficient (Wildman–Crippen LogP) is 2.04. The maximum Gasteiger partial charge on any atom is 0.270 e. The number of halogens is 2. The fourth-order valence-corrected chi connectivity index (χ4v) is 1.11. The quantitative estimate of drug-likeness (QED) is 0.598. The van der Waals surface area contributed by atoms with Gasteiger partial charge in [-0.1, -0.05) is 11.3 Å². The van der Waals surface area contributed by atoms with Crippen molar-refractivity contribution in [1.82, 2.24) is 4.98 Å². The number of rotatable bonds is 0. The summed E-state index contributed by atoms with van der Waals surface area (Å²) in [5.74, 6) is 0. The van der Waals surface area contributed by atoms with Gasteiger partial charge in [0.25, 0.3) is 5.26 Å². The lowest BCUT2D eigenvalue weighted by Crippen LogP contribution is -1.58. The van der Waals surface area contributed by atoms with Gasteiger partial charge >= 0.3 is 0 Å². The fourth-order valence-electron chi connectivity index (χ4n) is 0.235. The van der Waals surface area contributed by atoms with Crippen LogP contribution in [-0.4, -0.2) is 4.98 Å². The van der Waals surface area contributed by atoms with Gasteiger partial charge in [-0.3, -0.25) is 0 Å². The minimum absolute atomic E-state index is 0.396. The molecule has 0 aliphatic heterocycles. The monoisotopic (exact) mass is 181 g/mol. The van der Waals surface area contributed by atoms with Crippen molar-refractivity contribution in [3.63, 3.8) is 0 Å². The predicted molar refractivity (Wildman–Crippen MR) is 29.8 cm³/mol. The number of thiazole rings is 1. The molecule has 0 amide bonds. The summed E-state index contributed by atoms with van der Waals surface area (Å²) in [4.78, 5) is 3.32. The van der Waals surface area contributed by atoms with Crippen LogP contribution in [0.2, 0.25) is 0 Å². The van der Waals surface area contributed by atoms with Crippen LogP contribution < -0.4 is 0 Å². The second kappa shape index (κ2) is 1.88. The molecule has 7 heavy (non-hydrogen) atoms. The van der Waals surface area contributed by atoms with Crippen molar-refractivity contribution in [3.8, 4) is 0 Å². The summed E-state index contributed by atoms with van der Waals surface area (Å²) in [6.45, 7) is 0. The van der Waals surface area contributed by atoms with Crippen LogP contribution >= 0.6 is 27.3 Å². The van der Waals surface area contributed by atoms with Crippen LogP contribution in [0.25, 0.3) is 0 Å². The summed E-state index contributed by atoms with van der Waals surface area (Å²) in [5.41, 5.74) is 0. The molecule has 0 saturated carbocycles. The molecule has 0 spiro atoms. The van der Waals surface area contributed by atoms with E-state index in [4.69, 9.17) is 0 Å². The molecule has 0 bridgehead atoms. The fraction of sp³-hybridized carbons (Fsp3) is 0. The van der Waals surface area contributed by atoms with Crippen molar-refractivity contribution in [2.24, 2.45) is 0 Å². The number of hydrogen-bond donors (Lipinski definition) is 0. The minimum Gasteiger partial charge on any atom is -0.217 e. The molecular weight excluding hydrogens is 181 g/mol. The molecular formula is C3HBrFNS. The van der Waals surface area contributed by atoms with Crippen LogP contribution in [0.1, 0.15) is 0 Å². The first-order chi connectivity index (χ1) is 3.29. The maximum atomic E-state index is 11.8. The van der Waals surface area contributed by atoms with Gasteiger partial charge in [0, 0.05) is 0 Å². The standard InChI is InChI=1S/C3HBrFNS/c4-2-1-6-3(5)7-2/h1H. The summed E-state index contributed by atoms with van der Waals surface area (Å²) in [6.07, 6.45) is 1.43. The summed E-state index contributed by atoms with van der Waals surface area (Å²) in [5, 5.41) is -0.396. The van der Waals surface area contributed by atoms with Gasteiger partial charge in [0.15, 0.2) is 0 Å². The van der Waals surface area contributed by atoms with E-state index in [1.807, 2.05) is 0 Å². The number of aromatic nitrogens is 1. The molecule has 0 unspecified atom stereocenters. The lowest BCUT2D eigenvalue weighted by molar-refractivity contribution is 0.617. The Balaban J connectivity index is 3.04. The highest BCUT2D eigenvalue weighted by molar-refractivity contribution is 9.11. The third-order valence-electron chi connectivity index (χ3n) is 0.449. The summed E-state index contributed by atoms with van der Waals surface area (Å²) < 4.78 is 12.5. The van der Waals surface area contributed by atoms with E-state index in [1.165, 1.54) is 6.20 Å². The van der Waals surface area contributed by atoms with Crippen molar-refractivity contribution in [2.45, 2.75) is 0 Å². The van der Waals surface area contributed by atoms with Gasteiger partial charge in [-0.05, 0) is 15.9 Å². The highest BCUT2D eigenvalue weighted by Gasteiger charge is 1.92. The number of nitrogens with zero attached hydrogens (tertiary/aromatic N) is 1. The zero-order valence-corrected chi connectivity index (χ0v) is 5.59. The Morgan fingerprint density at radius 3 is 2.71 bits per heavy atom. The van der Waals surface area contributed by atoms with E-state index in [0.717, 1.165) is 15.1 Å². The van der Waals surface area contributed by atoms with E-state index in [9.17, 15) is 4.39 Å². The van der Waals surface area contributed by atoms with E-state index in [-0.39, 0.29) is 0 Å². The molecule has 0 aliphatic carbocycles. The molecule has 0 saturated heterocycles. The lowest BCUT2D eigenvalue weighted by Gasteiger charge is -1.62. The van der Waals surface area contributed by atoms with Gasteiger partial charge in [-0.25, -0.2) is 4.98 Å². The lowest BCUT2D eigenvalue weighted by atomic mass is 11.0. The average molecular weight is 182 g/mol. The Hall–Kier alpha value is 0.0400. The first kappa shape index (κ1) is 5.18. The van der Waals surface area contributed by atoms with Gasteiger partial charge in [0.1, 0.15) is 0 Å². The summed E-state index contributed by atoms with van der Waals surface area (Å²) in [7, 11) is 0. The van der Waals surface area contributed by atoms with Gasteiger partial charge < -0.3 is 0 Å². The van der Waals surface area contributed by atoms with Crippen LogP contribution in [-0.2, 0) is 0 Å². The van der Waals surface area contributed by atoms with Crippen LogP contribution in [0.3, 0.4) is 0 Å². The zero-order chi connectivity index (χ0) is 5.28. The third kappa shape index (κ3) is 1.21. The van der Waals surface area contributed by atoms with E-state index >= 15 is 0 Å². The van der Waals surface area contributed by atoms with Crippen molar-refractivity contribution < 1.29 is 4.39 Å². The first-order valence-electron chi connectivity index (χ1n) is 1.56. The molecule has 1 heterocycles. The van der Waals surface area contributed by atoms with Crippen molar-refractivity contribution in [3.05, 3.63) is 15.2 Å². The maximum absolute atomic E-state index is 11.8. The van der Waals surface area contributed by atoms with Gasteiger partial charge in [0.2, 0.25) is 0 Å². The van der Waals surface area contributed by atoms with E-state index in [2.05, 4.69) is 20.9 Å². The molecule has 1 nitrogen and oxygen atoms in total. The Morgan fingerprint density at radius 2 is 2.57 bits per heavy atom. The second-order valence-electron chi connectivity index (χ2n) is 0.917. The normalized spacial score (nSPS) is 9.43. The van der Waals surface area contributed by atoms with Crippen LogP contribution in [0, 0.1) is 5.26 Å². The Morgan fingerprint density at radius 1 is 1.86 bits per heavy atom. The van der Waals surface area contributed by atoms with Crippen LogP contribution in [0.15, 0.2) is 9.98 Å². The number of hydrogen-bond acceptors (Lipinski definition) is 2. The van der Waals surface area contributed by atoms with Gasteiger partial charge in [0.05, 0.1) is 9.98 Å². The van der Waals surface area contributed by atoms with E-state index < -0.39 is 5.26 Å². The van der Waals surface area contributed by atoms with Crippen LogP contribution in [0.5, 0.6) is 0 Å². The topological polar surface area (TPSA) is 12.9 Å². The van der Waals surface area contributed by atoms with Crippen LogP contribution in [0.4, 0.5) is 4.39 Å². The SMILES string of the molecule is Fc1ncc(Br)s1. The molecule has 0 N–H and O–H groups in total. The molecule has 4 heteroatoms. The highest BCUT2D eigenvalue weighted by atomic mass is 79.9. The molecule has 0 fully saturated rings. The molecule has 1 aromatic heterocycles. The molecule has 0 aliphatic rings. The van der Waals surface area contributed by atoms with E-state index in [0.29, 0.717) is 0 Å². The van der Waals surface area contributed by atoms with Gasteiger partial charge in [-0.2, -0.15) is 4.39 Å². The van der Waals surface area contributed by atoms with Crippen molar-refractivity contribution in [1.29, 1.82) is 0 Å². The van der Waals surface area contributed by atoms with Crippen molar-refractivity contribution in [2.75, 3.05) is 0 Å².